The van der Waals surface area contributed by atoms with E-state index < -0.39 is 10.0 Å². The van der Waals surface area contributed by atoms with Gasteiger partial charge in [-0.3, -0.25) is 4.57 Å². The average Bonchev–Trinajstić information content (AvgIpc) is 3.05. The van der Waals surface area contributed by atoms with Crippen molar-refractivity contribution in [2.24, 2.45) is 0 Å². The molecule has 3 aromatic rings. The van der Waals surface area contributed by atoms with Gasteiger partial charge >= 0.3 is 0 Å². The fourth-order valence-corrected chi connectivity index (χ4v) is 3.97. The lowest BCUT2D eigenvalue weighted by atomic mass is 10.3. The van der Waals surface area contributed by atoms with E-state index in [9.17, 15) is 8.42 Å². The number of benzene rings is 1. The summed E-state index contributed by atoms with van der Waals surface area (Å²) in [5.74, 6) is 0. The second-order valence-corrected chi connectivity index (χ2v) is 6.09. The Morgan fingerprint density at radius 2 is 1.84 bits per heavy atom. The van der Waals surface area contributed by atoms with Crippen LogP contribution in [0, 0.1) is 0 Å². The van der Waals surface area contributed by atoms with Gasteiger partial charge in [-0.1, -0.05) is 12.1 Å². The highest BCUT2D eigenvalue weighted by atomic mass is 32.2. The van der Waals surface area contributed by atoms with Crippen LogP contribution < -0.4 is 0 Å². The number of fused-ring (bicyclic) bond motifs is 5. The monoisotopic (exact) mass is 271 g/mol. The summed E-state index contributed by atoms with van der Waals surface area (Å²) in [6, 6.07) is 10.4. The predicted octanol–water partition coefficient (Wildman–Crippen LogP) is 1.89. The van der Waals surface area contributed by atoms with Crippen LogP contribution in [0.15, 0.2) is 60.0 Å². The van der Waals surface area contributed by atoms with E-state index in [0.29, 0.717) is 11.4 Å². The minimum Gasteiger partial charge on any atom is -0.296 e. The van der Waals surface area contributed by atoms with Crippen LogP contribution in [-0.2, 0) is 10.0 Å². The zero-order valence-corrected chi connectivity index (χ0v) is 10.6. The van der Waals surface area contributed by atoms with Gasteiger partial charge < -0.3 is 0 Å². The molecule has 0 unspecified atom stereocenters. The maximum Gasteiger partial charge on any atom is 0.270 e. The molecule has 0 saturated carbocycles. The van der Waals surface area contributed by atoms with Crippen LogP contribution >= 0.6 is 0 Å². The highest BCUT2D eigenvalue weighted by molar-refractivity contribution is 7.90. The van der Waals surface area contributed by atoms with E-state index in [1.165, 1.54) is 3.97 Å². The van der Waals surface area contributed by atoms with Gasteiger partial charge in [0.25, 0.3) is 10.0 Å². The first-order valence-electron chi connectivity index (χ1n) is 5.75. The van der Waals surface area contributed by atoms with Gasteiger partial charge in [0.05, 0.1) is 29.6 Å². The molecule has 0 amide bonds. The van der Waals surface area contributed by atoms with Gasteiger partial charge in [-0.15, -0.1) is 0 Å². The fourth-order valence-electron chi connectivity index (χ4n) is 2.43. The van der Waals surface area contributed by atoms with Gasteiger partial charge in [0.15, 0.2) is 0 Å². The molecule has 5 nitrogen and oxygen atoms in total. The van der Waals surface area contributed by atoms with Crippen molar-refractivity contribution in [1.82, 2.24) is 13.5 Å². The molecule has 0 N–H and O–H groups in total. The molecule has 94 valence electrons. The van der Waals surface area contributed by atoms with Crippen LogP contribution in [0.2, 0.25) is 0 Å². The Bertz CT molecular complexity index is 890. The van der Waals surface area contributed by atoms with Gasteiger partial charge in [-0.25, -0.2) is 17.4 Å². The molecule has 0 spiro atoms. The van der Waals surface area contributed by atoms with Gasteiger partial charge in [0.1, 0.15) is 4.90 Å². The standard InChI is InChI=1S/C13H9N3O2S/c17-19(18)13-6-2-1-4-11(13)15-9-14-8-12(15)10-5-3-7-16(10)19/h1-9H. The molecule has 0 atom stereocenters. The van der Waals surface area contributed by atoms with Crippen molar-refractivity contribution in [3.8, 4) is 17.1 Å². The van der Waals surface area contributed by atoms with Crippen molar-refractivity contribution in [1.29, 1.82) is 0 Å². The van der Waals surface area contributed by atoms with Crippen LogP contribution in [0.5, 0.6) is 0 Å². The van der Waals surface area contributed by atoms with E-state index >= 15 is 0 Å². The molecule has 1 aliphatic rings. The minimum atomic E-state index is -3.56. The SMILES string of the molecule is O=S1(=O)c2ccccc2-n2cncc2-c2cccn21. The molecular formula is C13H9N3O2S. The summed E-state index contributed by atoms with van der Waals surface area (Å²) in [7, 11) is -3.56. The van der Waals surface area contributed by atoms with Crippen molar-refractivity contribution >= 4 is 10.0 Å². The van der Waals surface area contributed by atoms with Crippen LogP contribution in [-0.4, -0.2) is 21.9 Å². The maximum absolute atomic E-state index is 12.7. The van der Waals surface area contributed by atoms with Crippen molar-refractivity contribution < 1.29 is 8.42 Å². The Morgan fingerprint density at radius 3 is 2.74 bits per heavy atom. The van der Waals surface area contributed by atoms with E-state index in [1.54, 1.807) is 53.6 Å². The second kappa shape index (κ2) is 3.36. The largest absolute Gasteiger partial charge is 0.296 e. The fraction of sp³-hybridized carbons (Fsp3) is 0. The average molecular weight is 271 g/mol. The molecule has 0 aliphatic carbocycles. The van der Waals surface area contributed by atoms with Gasteiger partial charge in [-0.2, -0.15) is 0 Å². The third-order valence-corrected chi connectivity index (χ3v) is 5.01. The van der Waals surface area contributed by atoms with Crippen molar-refractivity contribution in [3.05, 3.63) is 55.1 Å². The number of rotatable bonds is 0. The lowest BCUT2D eigenvalue weighted by molar-refractivity contribution is 0.588. The molecule has 0 fully saturated rings. The van der Waals surface area contributed by atoms with Crippen molar-refractivity contribution in [3.63, 3.8) is 0 Å². The Hall–Kier alpha value is -2.34. The number of para-hydroxylation sites is 1. The van der Waals surface area contributed by atoms with Crippen molar-refractivity contribution in [2.45, 2.75) is 4.90 Å². The Morgan fingerprint density at radius 1 is 1.00 bits per heavy atom. The molecule has 0 bridgehead atoms. The lowest BCUT2D eigenvalue weighted by Crippen LogP contribution is -2.12. The third kappa shape index (κ3) is 1.23. The number of hydrogen-bond donors (Lipinski definition) is 0. The first-order valence-corrected chi connectivity index (χ1v) is 7.19. The molecule has 1 aliphatic heterocycles. The molecule has 4 rings (SSSR count). The highest BCUT2D eigenvalue weighted by Gasteiger charge is 2.28. The summed E-state index contributed by atoms with van der Waals surface area (Å²) in [5, 5.41) is 0. The van der Waals surface area contributed by atoms with Crippen LogP contribution in [0.3, 0.4) is 0 Å². The third-order valence-electron chi connectivity index (χ3n) is 3.28. The van der Waals surface area contributed by atoms with E-state index in [0.717, 1.165) is 5.69 Å². The van der Waals surface area contributed by atoms with E-state index in [2.05, 4.69) is 4.98 Å². The summed E-state index contributed by atoms with van der Waals surface area (Å²) < 4.78 is 28.4. The van der Waals surface area contributed by atoms with Crippen LogP contribution in [0.1, 0.15) is 0 Å². The first-order chi connectivity index (χ1) is 9.19. The summed E-state index contributed by atoms with van der Waals surface area (Å²) >= 11 is 0. The molecule has 3 heterocycles. The molecule has 0 saturated heterocycles. The number of hydrogen-bond acceptors (Lipinski definition) is 3. The Kier molecular flexibility index (Phi) is 1.87. The lowest BCUT2D eigenvalue weighted by Gasteiger charge is -2.08. The minimum absolute atomic E-state index is 0.282. The molecule has 2 aromatic heterocycles. The van der Waals surface area contributed by atoms with Gasteiger partial charge in [0.2, 0.25) is 0 Å². The summed E-state index contributed by atoms with van der Waals surface area (Å²) in [5.41, 5.74) is 2.01. The van der Waals surface area contributed by atoms with Crippen LogP contribution in [0.4, 0.5) is 0 Å². The maximum atomic E-state index is 12.7. The topological polar surface area (TPSA) is 56.9 Å². The van der Waals surface area contributed by atoms with Crippen LogP contribution in [0.25, 0.3) is 17.1 Å². The smallest absolute Gasteiger partial charge is 0.270 e. The zero-order valence-electron chi connectivity index (χ0n) is 9.76. The Balaban J connectivity index is 2.27. The molecule has 1 aromatic carbocycles. The predicted molar refractivity (Wildman–Crippen MR) is 69.6 cm³/mol. The van der Waals surface area contributed by atoms with Crippen molar-refractivity contribution in [2.75, 3.05) is 0 Å². The first kappa shape index (κ1) is 10.6. The number of aromatic nitrogens is 3. The number of nitrogens with zero attached hydrogens (tertiary/aromatic N) is 3. The normalized spacial score (nSPS) is 15.2. The van der Waals surface area contributed by atoms with E-state index in [4.69, 9.17) is 0 Å². The molecule has 6 heteroatoms. The van der Waals surface area contributed by atoms with E-state index in [1.807, 2.05) is 6.07 Å². The van der Waals surface area contributed by atoms with E-state index in [-0.39, 0.29) is 4.90 Å². The van der Waals surface area contributed by atoms with Gasteiger partial charge in [0, 0.05) is 6.20 Å². The highest BCUT2D eigenvalue weighted by Crippen LogP contribution is 2.33. The summed E-state index contributed by atoms with van der Waals surface area (Å²) in [6.07, 6.45) is 4.86. The summed E-state index contributed by atoms with van der Waals surface area (Å²) in [4.78, 5) is 4.41. The summed E-state index contributed by atoms with van der Waals surface area (Å²) in [6.45, 7) is 0. The Labute approximate surface area is 109 Å². The number of imidazole rings is 1. The quantitative estimate of drug-likeness (QED) is 0.491. The zero-order chi connectivity index (χ0) is 13.0. The molecule has 19 heavy (non-hydrogen) atoms. The second-order valence-electron chi connectivity index (χ2n) is 4.31. The molecular weight excluding hydrogens is 262 g/mol. The molecule has 0 radical (unpaired) electrons. The van der Waals surface area contributed by atoms with Gasteiger partial charge in [-0.05, 0) is 24.3 Å².